The van der Waals surface area contributed by atoms with Crippen LogP contribution in [0.25, 0.3) is 0 Å². The van der Waals surface area contributed by atoms with Crippen LogP contribution in [0.3, 0.4) is 0 Å². The third-order valence-corrected chi connectivity index (χ3v) is 4.70. The molecule has 104 valence electrons. The van der Waals surface area contributed by atoms with Crippen molar-refractivity contribution in [3.63, 3.8) is 0 Å². The van der Waals surface area contributed by atoms with Gasteiger partial charge in [0.15, 0.2) is 0 Å². The Kier molecular flexibility index (Phi) is 3.83. The maximum absolute atomic E-state index is 12.3. The van der Waals surface area contributed by atoms with E-state index in [-0.39, 0.29) is 11.8 Å². The number of hydrogen-bond acceptors (Lipinski definition) is 3. The van der Waals surface area contributed by atoms with Gasteiger partial charge < -0.3 is 5.32 Å². The van der Waals surface area contributed by atoms with E-state index in [1.54, 1.807) is 11.3 Å². The third kappa shape index (κ3) is 2.90. The van der Waals surface area contributed by atoms with Crippen LogP contribution in [0.4, 0.5) is 0 Å². The minimum atomic E-state index is 0.104. The van der Waals surface area contributed by atoms with Gasteiger partial charge in [0.25, 0.3) is 0 Å². The van der Waals surface area contributed by atoms with Crippen LogP contribution in [-0.4, -0.2) is 10.9 Å². The van der Waals surface area contributed by atoms with Gasteiger partial charge >= 0.3 is 0 Å². The van der Waals surface area contributed by atoms with Crippen molar-refractivity contribution in [2.45, 2.75) is 32.7 Å². The molecule has 1 heterocycles. The number of amides is 1. The number of rotatable bonds is 3. The summed E-state index contributed by atoms with van der Waals surface area (Å²) in [6.45, 7) is 2.68. The lowest BCUT2D eigenvalue weighted by Crippen LogP contribution is -2.33. The van der Waals surface area contributed by atoms with Crippen LogP contribution in [-0.2, 0) is 24.2 Å². The SMILES string of the molecule is Cc1cccc(CNC(=O)C2CCc3ncsc3C2)c1. The van der Waals surface area contributed by atoms with E-state index in [2.05, 4.69) is 35.4 Å². The number of benzene rings is 1. The van der Waals surface area contributed by atoms with Crippen molar-refractivity contribution in [1.82, 2.24) is 10.3 Å². The molecule has 0 saturated carbocycles. The van der Waals surface area contributed by atoms with Crippen molar-refractivity contribution in [3.05, 3.63) is 51.5 Å². The summed E-state index contributed by atoms with van der Waals surface area (Å²) in [7, 11) is 0. The van der Waals surface area contributed by atoms with Gasteiger partial charge in [-0.2, -0.15) is 0 Å². The molecule has 0 spiro atoms. The fraction of sp³-hybridized carbons (Fsp3) is 0.375. The quantitative estimate of drug-likeness (QED) is 0.942. The van der Waals surface area contributed by atoms with E-state index in [0.717, 1.165) is 24.8 Å². The highest BCUT2D eigenvalue weighted by molar-refractivity contribution is 7.09. The van der Waals surface area contributed by atoms with Crippen molar-refractivity contribution in [3.8, 4) is 0 Å². The zero-order valence-corrected chi connectivity index (χ0v) is 12.4. The van der Waals surface area contributed by atoms with Gasteiger partial charge in [0.2, 0.25) is 5.91 Å². The van der Waals surface area contributed by atoms with E-state index in [9.17, 15) is 4.79 Å². The summed E-state index contributed by atoms with van der Waals surface area (Å²) in [5, 5.41) is 3.06. The van der Waals surface area contributed by atoms with Crippen molar-refractivity contribution in [2.75, 3.05) is 0 Å². The topological polar surface area (TPSA) is 42.0 Å². The molecule has 1 aliphatic rings. The van der Waals surface area contributed by atoms with Gasteiger partial charge in [-0.25, -0.2) is 4.98 Å². The van der Waals surface area contributed by atoms with Gasteiger partial charge in [0.1, 0.15) is 0 Å². The lowest BCUT2D eigenvalue weighted by atomic mass is 9.90. The first kappa shape index (κ1) is 13.3. The first-order valence-electron chi connectivity index (χ1n) is 6.97. The molecule has 0 fully saturated rings. The number of nitrogens with one attached hydrogen (secondary N) is 1. The summed E-state index contributed by atoms with van der Waals surface area (Å²) in [6, 6.07) is 8.26. The molecule has 0 bridgehead atoms. The number of nitrogens with zero attached hydrogens (tertiary/aromatic N) is 1. The molecule has 0 aliphatic heterocycles. The Morgan fingerprint density at radius 3 is 3.25 bits per heavy atom. The largest absolute Gasteiger partial charge is 0.352 e. The zero-order chi connectivity index (χ0) is 13.9. The summed E-state index contributed by atoms with van der Waals surface area (Å²) in [6.07, 6.45) is 2.69. The molecule has 3 nitrogen and oxygen atoms in total. The van der Waals surface area contributed by atoms with Gasteiger partial charge in [-0.3, -0.25) is 4.79 Å². The third-order valence-electron chi connectivity index (χ3n) is 3.81. The smallest absolute Gasteiger partial charge is 0.223 e. The fourth-order valence-corrected chi connectivity index (χ4v) is 3.58. The molecule has 1 aromatic carbocycles. The Bertz CT molecular complexity index is 620. The van der Waals surface area contributed by atoms with Crippen LogP contribution in [0.15, 0.2) is 29.8 Å². The van der Waals surface area contributed by atoms with Gasteiger partial charge in [0, 0.05) is 17.3 Å². The van der Waals surface area contributed by atoms with E-state index < -0.39 is 0 Å². The molecule has 2 aromatic rings. The Balaban J connectivity index is 1.58. The molecule has 1 aromatic heterocycles. The standard InChI is InChI=1S/C16H18N2OS/c1-11-3-2-4-12(7-11)9-17-16(19)13-5-6-14-15(8-13)20-10-18-14/h2-4,7,10,13H,5-6,8-9H2,1H3,(H,17,19). The van der Waals surface area contributed by atoms with Crippen molar-refractivity contribution in [1.29, 1.82) is 0 Å². The molecule has 20 heavy (non-hydrogen) atoms. The molecule has 3 rings (SSSR count). The lowest BCUT2D eigenvalue weighted by Gasteiger charge is -2.20. The first-order valence-corrected chi connectivity index (χ1v) is 7.85. The minimum Gasteiger partial charge on any atom is -0.352 e. The predicted molar refractivity (Wildman–Crippen MR) is 80.7 cm³/mol. The van der Waals surface area contributed by atoms with Crippen LogP contribution < -0.4 is 5.32 Å². The number of aryl methyl sites for hydroxylation is 2. The second-order valence-electron chi connectivity index (χ2n) is 5.37. The van der Waals surface area contributed by atoms with Crippen LogP contribution in [0.5, 0.6) is 0 Å². The molecule has 4 heteroatoms. The van der Waals surface area contributed by atoms with E-state index in [4.69, 9.17) is 0 Å². The van der Waals surface area contributed by atoms with Crippen LogP contribution >= 0.6 is 11.3 Å². The highest BCUT2D eigenvalue weighted by Gasteiger charge is 2.25. The molecular weight excluding hydrogens is 268 g/mol. The lowest BCUT2D eigenvalue weighted by molar-refractivity contribution is -0.125. The Morgan fingerprint density at radius 1 is 1.50 bits per heavy atom. The Labute approximate surface area is 123 Å². The maximum Gasteiger partial charge on any atom is 0.223 e. The number of hydrogen-bond donors (Lipinski definition) is 1. The van der Waals surface area contributed by atoms with Gasteiger partial charge in [-0.15, -0.1) is 11.3 Å². The van der Waals surface area contributed by atoms with Crippen molar-refractivity contribution < 1.29 is 4.79 Å². The monoisotopic (exact) mass is 286 g/mol. The van der Waals surface area contributed by atoms with Crippen LogP contribution in [0.2, 0.25) is 0 Å². The number of carbonyl (C=O) groups excluding carboxylic acids is 1. The number of thiazole rings is 1. The summed E-state index contributed by atoms with van der Waals surface area (Å²) in [5.41, 5.74) is 5.46. The van der Waals surface area contributed by atoms with E-state index >= 15 is 0 Å². The van der Waals surface area contributed by atoms with Crippen LogP contribution in [0, 0.1) is 12.8 Å². The fourth-order valence-electron chi connectivity index (χ4n) is 2.68. The van der Waals surface area contributed by atoms with Crippen molar-refractivity contribution in [2.24, 2.45) is 5.92 Å². The average Bonchev–Trinajstić information content (AvgIpc) is 2.92. The molecule has 1 amide bonds. The molecule has 0 saturated heterocycles. The highest BCUT2D eigenvalue weighted by Crippen LogP contribution is 2.27. The number of fused-ring (bicyclic) bond motifs is 1. The normalized spacial score (nSPS) is 17.6. The van der Waals surface area contributed by atoms with Gasteiger partial charge in [-0.05, 0) is 31.7 Å². The molecule has 1 atom stereocenters. The molecule has 1 aliphatic carbocycles. The molecular formula is C16H18N2OS. The Morgan fingerprint density at radius 2 is 2.40 bits per heavy atom. The minimum absolute atomic E-state index is 0.104. The molecule has 0 radical (unpaired) electrons. The summed E-state index contributed by atoms with van der Waals surface area (Å²) in [4.78, 5) is 17.9. The summed E-state index contributed by atoms with van der Waals surface area (Å²) < 4.78 is 0. The van der Waals surface area contributed by atoms with Crippen LogP contribution in [0.1, 0.15) is 28.1 Å². The van der Waals surface area contributed by atoms with E-state index in [1.807, 2.05) is 11.6 Å². The second-order valence-corrected chi connectivity index (χ2v) is 6.31. The van der Waals surface area contributed by atoms with Crippen molar-refractivity contribution >= 4 is 17.2 Å². The highest BCUT2D eigenvalue weighted by atomic mass is 32.1. The van der Waals surface area contributed by atoms with Gasteiger partial charge in [-0.1, -0.05) is 29.8 Å². The maximum atomic E-state index is 12.3. The predicted octanol–water partition coefficient (Wildman–Crippen LogP) is 2.87. The molecule has 1 N–H and O–H groups in total. The number of aromatic nitrogens is 1. The Hall–Kier alpha value is -1.68. The van der Waals surface area contributed by atoms with Gasteiger partial charge in [0.05, 0.1) is 11.2 Å². The first-order chi connectivity index (χ1) is 9.72. The van der Waals surface area contributed by atoms with E-state index in [1.165, 1.54) is 16.1 Å². The summed E-state index contributed by atoms with van der Waals surface area (Å²) in [5.74, 6) is 0.276. The second kappa shape index (κ2) is 5.75. The number of carbonyl (C=O) groups is 1. The molecule has 1 unspecified atom stereocenters. The zero-order valence-electron chi connectivity index (χ0n) is 11.6. The average molecular weight is 286 g/mol. The summed E-state index contributed by atoms with van der Waals surface area (Å²) >= 11 is 1.67. The van der Waals surface area contributed by atoms with E-state index in [0.29, 0.717) is 6.54 Å².